The van der Waals surface area contributed by atoms with E-state index in [-0.39, 0.29) is 0 Å². The number of methoxy groups -OCH3 is 2. The Balaban J connectivity index is 3.33. The van der Waals surface area contributed by atoms with Gasteiger partial charge >= 0.3 is 11.9 Å². The van der Waals surface area contributed by atoms with Gasteiger partial charge in [0.2, 0.25) is 6.54 Å². The highest BCUT2D eigenvalue weighted by molar-refractivity contribution is 5.96. The molecule has 7 heteroatoms. The van der Waals surface area contributed by atoms with Gasteiger partial charge in [0.25, 0.3) is 0 Å². The van der Waals surface area contributed by atoms with Crippen molar-refractivity contribution in [3.05, 3.63) is 45.5 Å². The third-order valence-electron chi connectivity index (χ3n) is 3.25. The van der Waals surface area contributed by atoms with E-state index < -0.39 is 35.2 Å². The molecule has 0 aliphatic heterocycles. The SMILES string of the molecule is COC(=O)C(C(=O)OC)[C@@H](C[N+](=O)[O-])c1ccccc1C. The van der Waals surface area contributed by atoms with Crippen molar-refractivity contribution in [2.24, 2.45) is 5.92 Å². The van der Waals surface area contributed by atoms with Gasteiger partial charge in [-0.2, -0.15) is 0 Å². The summed E-state index contributed by atoms with van der Waals surface area (Å²) in [4.78, 5) is 34.1. The Hall–Kier alpha value is -2.44. The van der Waals surface area contributed by atoms with E-state index in [1.807, 2.05) is 0 Å². The molecule has 0 unspecified atom stereocenters. The second-order valence-corrected chi connectivity index (χ2v) is 4.50. The lowest BCUT2D eigenvalue weighted by molar-refractivity contribution is -0.484. The first kappa shape index (κ1) is 16.6. The Kier molecular flexibility index (Phi) is 5.83. The zero-order chi connectivity index (χ0) is 16.0. The third-order valence-corrected chi connectivity index (χ3v) is 3.25. The first-order valence-corrected chi connectivity index (χ1v) is 6.25. The van der Waals surface area contributed by atoms with E-state index in [4.69, 9.17) is 0 Å². The van der Waals surface area contributed by atoms with Crippen LogP contribution in [0.15, 0.2) is 24.3 Å². The largest absolute Gasteiger partial charge is 0.468 e. The molecule has 0 N–H and O–H groups in total. The lowest BCUT2D eigenvalue weighted by atomic mass is 9.83. The number of nitrogens with zero attached hydrogens (tertiary/aromatic N) is 1. The molecule has 0 aromatic heterocycles. The maximum absolute atomic E-state index is 11.9. The summed E-state index contributed by atoms with van der Waals surface area (Å²) >= 11 is 0. The van der Waals surface area contributed by atoms with Crippen LogP contribution in [0.3, 0.4) is 0 Å². The molecule has 114 valence electrons. The Labute approximate surface area is 122 Å². The third kappa shape index (κ3) is 4.01. The Morgan fingerprint density at radius 3 is 2.14 bits per heavy atom. The molecule has 1 rings (SSSR count). The van der Waals surface area contributed by atoms with Crippen LogP contribution >= 0.6 is 0 Å². The van der Waals surface area contributed by atoms with Crippen molar-refractivity contribution in [2.75, 3.05) is 20.8 Å². The van der Waals surface area contributed by atoms with E-state index in [0.29, 0.717) is 5.56 Å². The summed E-state index contributed by atoms with van der Waals surface area (Å²) in [6.07, 6.45) is 0. The lowest BCUT2D eigenvalue weighted by Gasteiger charge is -2.22. The Morgan fingerprint density at radius 1 is 1.19 bits per heavy atom. The molecule has 0 spiro atoms. The fourth-order valence-electron chi connectivity index (χ4n) is 2.23. The minimum Gasteiger partial charge on any atom is -0.468 e. The van der Waals surface area contributed by atoms with Crippen LogP contribution in [-0.2, 0) is 19.1 Å². The molecule has 0 heterocycles. The van der Waals surface area contributed by atoms with Gasteiger partial charge < -0.3 is 9.47 Å². The van der Waals surface area contributed by atoms with Crippen molar-refractivity contribution >= 4 is 11.9 Å². The lowest BCUT2D eigenvalue weighted by Crippen LogP contribution is -2.35. The molecule has 0 radical (unpaired) electrons. The first-order chi connectivity index (χ1) is 9.92. The van der Waals surface area contributed by atoms with Gasteiger partial charge in [-0.1, -0.05) is 24.3 Å². The first-order valence-electron chi connectivity index (χ1n) is 6.25. The normalized spacial score (nSPS) is 11.8. The van der Waals surface area contributed by atoms with Gasteiger partial charge in [0.05, 0.1) is 20.1 Å². The fourth-order valence-corrected chi connectivity index (χ4v) is 2.23. The number of nitro groups is 1. The molecule has 0 aliphatic rings. The van der Waals surface area contributed by atoms with Crippen LogP contribution in [0.2, 0.25) is 0 Å². The number of carbonyl (C=O) groups is 2. The summed E-state index contributed by atoms with van der Waals surface area (Å²) in [5.74, 6) is -4.01. The predicted octanol–water partition coefficient (Wildman–Crippen LogP) is 1.32. The van der Waals surface area contributed by atoms with E-state index >= 15 is 0 Å². The highest BCUT2D eigenvalue weighted by Crippen LogP contribution is 2.29. The average Bonchev–Trinajstić information content (AvgIpc) is 2.46. The summed E-state index contributed by atoms with van der Waals surface area (Å²) in [6, 6.07) is 6.88. The molecule has 1 aromatic rings. The quantitative estimate of drug-likeness (QED) is 0.340. The van der Waals surface area contributed by atoms with Gasteiger partial charge in [-0.3, -0.25) is 19.7 Å². The van der Waals surface area contributed by atoms with E-state index in [0.717, 1.165) is 19.8 Å². The van der Waals surface area contributed by atoms with Crippen LogP contribution in [0.5, 0.6) is 0 Å². The van der Waals surface area contributed by atoms with E-state index in [1.165, 1.54) is 0 Å². The van der Waals surface area contributed by atoms with Crippen LogP contribution in [0.4, 0.5) is 0 Å². The van der Waals surface area contributed by atoms with Gasteiger partial charge in [-0.25, -0.2) is 0 Å². The van der Waals surface area contributed by atoms with Crippen molar-refractivity contribution in [1.29, 1.82) is 0 Å². The molecule has 0 aliphatic carbocycles. The zero-order valence-electron chi connectivity index (χ0n) is 12.1. The predicted molar refractivity (Wildman–Crippen MR) is 73.3 cm³/mol. The molecule has 21 heavy (non-hydrogen) atoms. The van der Waals surface area contributed by atoms with Crippen molar-refractivity contribution in [2.45, 2.75) is 12.8 Å². The van der Waals surface area contributed by atoms with Crippen LogP contribution in [-0.4, -0.2) is 37.6 Å². The molecule has 1 atom stereocenters. The minimum atomic E-state index is -1.37. The zero-order valence-corrected chi connectivity index (χ0v) is 12.1. The van der Waals surface area contributed by atoms with E-state index in [1.54, 1.807) is 31.2 Å². The maximum atomic E-state index is 11.9. The van der Waals surface area contributed by atoms with Gasteiger partial charge in [-0.05, 0) is 18.1 Å². The van der Waals surface area contributed by atoms with Gasteiger partial charge in [-0.15, -0.1) is 0 Å². The monoisotopic (exact) mass is 295 g/mol. The average molecular weight is 295 g/mol. The number of rotatable bonds is 6. The highest BCUT2D eigenvalue weighted by atomic mass is 16.6. The topological polar surface area (TPSA) is 95.7 Å². The summed E-state index contributed by atoms with van der Waals surface area (Å²) in [6.45, 7) is 1.19. The van der Waals surface area contributed by atoms with Crippen LogP contribution in [0, 0.1) is 23.0 Å². The second-order valence-electron chi connectivity index (χ2n) is 4.50. The summed E-state index contributed by atoms with van der Waals surface area (Å²) in [5.41, 5.74) is 1.30. The molecular formula is C14H17NO6. The summed E-state index contributed by atoms with van der Waals surface area (Å²) in [7, 11) is 2.25. The molecule has 0 fully saturated rings. The number of ether oxygens (including phenoxy) is 2. The van der Waals surface area contributed by atoms with Crippen molar-refractivity contribution in [3.8, 4) is 0 Å². The minimum absolute atomic E-state index is 0.551. The van der Waals surface area contributed by atoms with Gasteiger partial charge in [0.15, 0.2) is 5.92 Å². The molecule has 0 saturated heterocycles. The van der Waals surface area contributed by atoms with Crippen molar-refractivity contribution < 1.29 is 24.0 Å². The molecule has 0 bridgehead atoms. The number of esters is 2. The van der Waals surface area contributed by atoms with Crippen LogP contribution in [0.1, 0.15) is 17.0 Å². The van der Waals surface area contributed by atoms with Gasteiger partial charge in [0, 0.05) is 4.92 Å². The summed E-state index contributed by atoms with van der Waals surface area (Å²) in [5, 5.41) is 10.9. The number of carbonyl (C=O) groups excluding carboxylic acids is 2. The maximum Gasteiger partial charge on any atom is 0.320 e. The number of hydrogen-bond donors (Lipinski definition) is 0. The van der Waals surface area contributed by atoms with Crippen molar-refractivity contribution in [1.82, 2.24) is 0 Å². The smallest absolute Gasteiger partial charge is 0.320 e. The van der Waals surface area contributed by atoms with Crippen molar-refractivity contribution in [3.63, 3.8) is 0 Å². The molecule has 0 amide bonds. The molecular weight excluding hydrogens is 278 g/mol. The number of hydrogen-bond acceptors (Lipinski definition) is 6. The van der Waals surface area contributed by atoms with Crippen LogP contribution in [0.25, 0.3) is 0 Å². The Bertz CT molecular complexity index is 526. The molecule has 0 saturated carbocycles. The highest BCUT2D eigenvalue weighted by Gasteiger charge is 2.41. The fraction of sp³-hybridized carbons (Fsp3) is 0.429. The van der Waals surface area contributed by atoms with E-state index in [9.17, 15) is 19.7 Å². The van der Waals surface area contributed by atoms with Crippen LogP contribution < -0.4 is 0 Å². The number of benzene rings is 1. The van der Waals surface area contributed by atoms with Gasteiger partial charge in [0.1, 0.15) is 0 Å². The molecule has 7 nitrogen and oxygen atoms in total. The Morgan fingerprint density at radius 2 is 1.71 bits per heavy atom. The second kappa shape index (κ2) is 7.37. The number of aryl methyl sites for hydroxylation is 1. The van der Waals surface area contributed by atoms with E-state index in [2.05, 4.69) is 9.47 Å². The molecule has 1 aromatic carbocycles. The standard InChI is InChI=1S/C14H17NO6/c1-9-6-4-5-7-10(9)11(8-15(18)19)12(13(16)20-2)14(17)21-3/h4-7,11-12H,8H2,1-3H3/t11-/m0/s1. The summed E-state index contributed by atoms with van der Waals surface area (Å²) < 4.78 is 9.19.